The molecule has 8 nitrogen and oxygen atoms in total. The summed E-state index contributed by atoms with van der Waals surface area (Å²) >= 11 is 0. The Bertz CT molecular complexity index is 996. The molecule has 2 aromatic rings. The predicted molar refractivity (Wildman–Crippen MR) is 122 cm³/mol. The Morgan fingerprint density at radius 3 is 2.50 bits per heavy atom. The minimum Gasteiger partial charge on any atom is -0.461 e. The number of fused-ring (bicyclic) bond motifs is 1. The van der Waals surface area contributed by atoms with Gasteiger partial charge in [-0.3, -0.25) is 19.2 Å². The first-order valence-electron chi connectivity index (χ1n) is 11.2. The molecule has 0 bridgehead atoms. The van der Waals surface area contributed by atoms with Crippen LogP contribution in [0.4, 0.5) is 5.69 Å². The maximum absolute atomic E-state index is 13.6. The molecule has 2 amide bonds. The smallest absolute Gasteiger partial charge is 0.358 e. The summed E-state index contributed by atoms with van der Waals surface area (Å²) in [4.78, 5) is 40.7. The molecule has 0 saturated carbocycles. The Balaban J connectivity index is 2.02. The quantitative estimate of drug-likeness (QED) is 0.636. The minimum atomic E-state index is -1.22. The van der Waals surface area contributed by atoms with Gasteiger partial charge in [0.05, 0.1) is 13.2 Å². The van der Waals surface area contributed by atoms with Gasteiger partial charge in [0.25, 0.3) is 5.91 Å². The van der Waals surface area contributed by atoms with E-state index in [9.17, 15) is 14.4 Å². The average molecular weight is 441 g/mol. The molecular formula is C24H32N4O4. The maximum atomic E-state index is 13.6. The number of hydrogen-bond donors (Lipinski definition) is 1. The fourth-order valence-electron chi connectivity index (χ4n) is 3.84. The van der Waals surface area contributed by atoms with Gasteiger partial charge in [0, 0.05) is 18.3 Å². The molecule has 1 aliphatic heterocycles. The number of esters is 1. The first-order chi connectivity index (χ1) is 15.2. The third-order valence-electron chi connectivity index (χ3n) is 5.74. The van der Waals surface area contributed by atoms with Gasteiger partial charge < -0.3 is 10.1 Å². The SMILES string of the molecule is CCOC(=O)c1cc2n(n1)C[C@](C)(C(=O)NCCC(C)C)N(c1ccc(CC)cc1)C2=O. The van der Waals surface area contributed by atoms with Crippen molar-refractivity contribution < 1.29 is 19.1 Å². The number of nitrogens with one attached hydrogen (secondary N) is 1. The lowest BCUT2D eigenvalue weighted by Crippen LogP contribution is -2.64. The van der Waals surface area contributed by atoms with Crippen molar-refractivity contribution in [3.63, 3.8) is 0 Å². The highest BCUT2D eigenvalue weighted by atomic mass is 16.5. The highest BCUT2D eigenvalue weighted by Gasteiger charge is 2.49. The Hall–Kier alpha value is -3.16. The number of anilines is 1. The van der Waals surface area contributed by atoms with Crippen molar-refractivity contribution in [2.45, 2.75) is 59.5 Å². The van der Waals surface area contributed by atoms with Crippen molar-refractivity contribution >= 4 is 23.5 Å². The van der Waals surface area contributed by atoms with Gasteiger partial charge in [-0.1, -0.05) is 32.9 Å². The fraction of sp³-hybridized carbons (Fsp3) is 0.500. The number of nitrogens with zero attached hydrogens (tertiary/aromatic N) is 3. The lowest BCUT2D eigenvalue weighted by Gasteiger charge is -2.43. The van der Waals surface area contributed by atoms with Crippen LogP contribution in [-0.4, -0.2) is 46.3 Å². The summed E-state index contributed by atoms with van der Waals surface area (Å²) in [7, 11) is 0. The summed E-state index contributed by atoms with van der Waals surface area (Å²) in [5.74, 6) is -0.794. The molecule has 2 heterocycles. The van der Waals surface area contributed by atoms with Crippen LogP contribution in [-0.2, 0) is 22.5 Å². The molecule has 0 saturated heterocycles. The second kappa shape index (κ2) is 9.54. The standard InChI is InChI=1S/C24H32N4O4/c1-6-17-8-10-18(11-9-17)28-21(29)20-14-19(22(30)32-7-2)26-27(20)15-24(28,5)23(31)25-13-12-16(3)4/h8-11,14,16H,6-7,12-13,15H2,1-5H3,(H,25,31)/t24-/m1/s1. The lowest BCUT2D eigenvalue weighted by atomic mass is 9.93. The molecule has 3 rings (SSSR count). The Morgan fingerprint density at radius 1 is 1.22 bits per heavy atom. The normalized spacial score (nSPS) is 17.9. The summed E-state index contributed by atoms with van der Waals surface area (Å²) < 4.78 is 6.47. The van der Waals surface area contributed by atoms with E-state index < -0.39 is 11.5 Å². The molecule has 1 aromatic heterocycles. The van der Waals surface area contributed by atoms with E-state index in [0.717, 1.165) is 18.4 Å². The number of carbonyl (C=O) groups excluding carboxylic acids is 3. The number of benzene rings is 1. The van der Waals surface area contributed by atoms with E-state index in [4.69, 9.17) is 4.74 Å². The fourth-order valence-corrected chi connectivity index (χ4v) is 3.84. The molecule has 32 heavy (non-hydrogen) atoms. The third kappa shape index (κ3) is 4.54. The van der Waals surface area contributed by atoms with Gasteiger partial charge in [-0.05, 0) is 50.3 Å². The van der Waals surface area contributed by atoms with Gasteiger partial charge in [-0.15, -0.1) is 0 Å². The zero-order valence-electron chi connectivity index (χ0n) is 19.5. The van der Waals surface area contributed by atoms with E-state index in [1.807, 2.05) is 24.3 Å². The number of rotatable bonds is 8. The van der Waals surface area contributed by atoms with Gasteiger partial charge in [0.1, 0.15) is 11.2 Å². The lowest BCUT2D eigenvalue weighted by molar-refractivity contribution is -0.126. The van der Waals surface area contributed by atoms with Crippen molar-refractivity contribution in [3.8, 4) is 0 Å². The van der Waals surface area contributed by atoms with Gasteiger partial charge in [0.2, 0.25) is 5.91 Å². The second-order valence-electron chi connectivity index (χ2n) is 8.67. The topological polar surface area (TPSA) is 93.5 Å². The average Bonchev–Trinajstić information content (AvgIpc) is 3.18. The molecule has 0 fully saturated rings. The molecular weight excluding hydrogens is 408 g/mol. The highest BCUT2D eigenvalue weighted by Crippen LogP contribution is 2.33. The number of aryl methyl sites for hydroxylation is 1. The number of hydrogen-bond acceptors (Lipinski definition) is 5. The maximum Gasteiger partial charge on any atom is 0.358 e. The van der Waals surface area contributed by atoms with Gasteiger partial charge in [-0.25, -0.2) is 4.79 Å². The predicted octanol–water partition coefficient (Wildman–Crippen LogP) is 3.20. The molecule has 1 aromatic carbocycles. The van der Waals surface area contributed by atoms with E-state index >= 15 is 0 Å². The van der Waals surface area contributed by atoms with Gasteiger partial charge in [-0.2, -0.15) is 5.10 Å². The molecule has 0 spiro atoms. The van der Waals surface area contributed by atoms with Crippen molar-refractivity contribution in [2.24, 2.45) is 5.92 Å². The van der Waals surface area contributed by atoms with Gasteiger partial charge in [0.15, 0.2) is 5.69 Å². The Morgan fingerprint density at radius 2 is 1.91 bits per heavy atom. The summed E-state index contributed by atoms with van der Waals surface area (Å²) in [5, 5.41) is 7.26. The zero-order valence-corrected chi connectivity index (χ0v) is 19.5. The summed E-state index contributed by atoms with van der Waals surface area (Å²) in [6, 6.07) is 9.05. The number of aromatic nitrogens is 2. The highest BCUT2D eigenvalue weighted by molar-refractivity contribution is 6.12. The number of carbonyl (C=O) groups is 3. The molecule has 0 unspecified atom stereocenters. The molecule has 0 aliphatic carbocycles. The van der Waals surface area contributed by atoms with Crippen molar-refractivity contribution in [1.82, 2.24) is 15.1 Å². The van der Waals surface area contributed by atoms with E-state index in [2.05, 4.69) is 31.2 Å². The Kier molecular flexibility index (Phi) is 7.01. The van der Waals surface area contributed by atoms with Crippen LogP contribution in [0.1, 0.15) is 67.6 Å². The molecule has 0 radical (unpaired) electrons. The minimum absolute atomic E-state index is 0.0564. The van der Waals surface area contributed by atoms with E-state index in [1.54, 1.807) is 13.8 Å². The molecule has 1 aliphatic rings. The van der Waals surface area contributed by atoms with Crippen molar-refractivity contribution in [2.75, 3.05) is 18.1 Å². The van der Waals surface area contributed by atoms with Crippen LogP contribution >= 0.6 is 0 Å². The van der Waals surface area contributed by atoms with Crippen LogP contribution in [0.5, 0.6) is 0 Å². The Labute approximate surface area is 188 Å². The zero-order chi connectivity index (χ0) is 23.5. The summed E-state index contributed by atoms with van der Waals surface area (Å²) in [6.07, 6.45) is 1.71. The van der Waals surface area contributed by atoms with Gasteiger partial charge >= 0.3 is 5.97 Å². The first kappa shape index (κ1) is 23.5. The van der Waals surface area contributed by atoms with E-state index in [0.29, 0.717) is 18.2 Å². The molecule has 1 N–H and O–H groups in total. The summed E-state index contributed by atoms with van der Waals surface area (Å²) in [6.45, 7) is 10.5. The molecule has 1 atom stereocenters. The van der Waals surface area contributed by atoms with Crippen LogP contribution < -0.4 is 10.2 Å². The second-order valence-corrected chi connectivity index (χ2v) is 8.67. The molecule has 8 heteroatoms. The van der Waals surface area contributed by atoms with E-state index in [-0.39, 0.29) is 36.4 Å². The van der Waals surface area contributed by atoms with Crippen molar-refractivity contribution in [1.29, 1.82) is 0 Å². The largest absolute Gasteiger partial charge is 0.461 e. The summed E-state index contributed by atoms with van der Waals surface area (Å²) in [5.41, 5.74) is 0.850. The van der Waals surface area contributed by atoms with Crippen LogP contribution in [0.3, 0.4) is 0 Å². The monoisotopic (exact) mass is 440 g/mol. The van der Waals surface area contributed by atoms with E-state index in [1.165, 1.54) is 15.6 Å². The van der Waals surface area contributed by atoms with Crippen LogP contribution in [0.25, 0.3) is 0 Å². The number of ether oxygens (including phenoxy) is 1. The van der Waals surface area contributed by atoms with Crippen LogP contribution in [0, 0.1) is 5.92 Å². The first-order valence-corrected chi connectivity index (χ1v) is 11.2. The van der Waals surface area contributed by atoms with Crippen molar-refractivity contribution in [3.05, 3.63) is 47.3 Å². The van der Waals surface area contributed by atoms with Crippen LogP contribution in [0.15, 0.2) is 30.3 Å². The third-order valence-corrected chi connectivity index (χ3v) is 5.74. The molecule has 172 valence electrons. The van der Waals surface area contributed by atoms with Crippen LogP contribution in [0.2, 0.25) is 0 Å². The number of amides is 2.